The Balaban J connectivity index is 1.15. The maximum Gasteiger partial charge on any atom is 0.270 e. The van der Waals surface area contributed by atoms with E-state index in [1.807, 2.05) is 18.2 Å². The molecule has 9 nitrogen and oxygen atoms in total. The van der Waals surface area contributed by atoms with E-state index in [4.69, 9.17) is 4.74 Å². The fourth-order valence-electron chi connectivity index (χ4n) is 5.98. The second-order valence-electron chi connectivity index (χ2n) is 11.3. The van der Waals surface area contributed by atoms with Crippen molar-refractivity contribution in [3.63, 3.8) is 0 Å². The molecule has 4 aliphatic rings. The first-order valence-corrected chi connectivity index (χ1v) is 13.0. The fraction of sp³-hybridized carbons (Fsp3) is 0.464. The van der Waals surface area contributed by atoms with E-state index in [2.05, 4.69) is 27.6 Å². The van der Waals surface area contributed by atoms with Gasteiger partial charge in [0, 0.05) is 37.2 Å². The number of nitrogens with zero attached hydrogens (tertiary/aromatic N) is 3. The molecule has 0 radical (unpaired) electrons. The first-order valence-electron chi connectivity index (χ1n) is 13.0. The van der Waals surface area contributed by atoms with Crippen molar-refractivity contribution in [1.29, 1.82) is 0 Å². The van der Waals surface area contributed by atoms with Crippen LogP contribution in [0.5, 0.6) is 5.75 Å². The van der Waals surface area contributed by atoms with Gasteiger partial charge in [-0.1, -0.05) is 13.0 Å². The van der Waals surface area contributed by atoms with Gasteiger partial charge in [-0.15, -0.1) is 0 Å². The molecule has 9 heteroatoms. The molecule has 2 N–H and O–H groups in total. The van der Waals surface area contributed by atoms with Crippen molar-refractivity contribution in [2.45, 2.75) is 58.4 Å². The third-order valence-electron chi connectivity index (χ3n) is 8.58. The number of benzene rings is 1. The Morgan fingerprint density at radius 3 is 2.59 bits per heavy atom. The van der Waals surface area contributed by atoms with Gasteiger partial charge in [0.1, 0.15) is 23.7 Å². The summed E-state index contributed by atoms with van der Waals surface area (Å²) in [4.78, 5) is 42.4. The van der Waals surface area contributed by atoms with Crippen molar-refractivity contribution < 1.29 is 19.1 Å². The molecular weight excluding hydrogens is 470 g/mol. The van der Waals surface area contributed by atoms with Gasteiger partial charge < -0.3 is 15.4 Å². The minimum atomic E-state index is -0.389. The van der Waals surface area contributed by atoms with E-state index in [1.54, 1.807) is 12.3 Å². The minimum absolute atomic E-state index is 0.0304. The lowest BCUT2D eigenvalue weighted by Crippen LogP contribution is -2.46. The van der Waals surface area contributed by atoms with Crippen LogP contribution < -0.4 is 15.4 Å². The van der Waals surface area contributed by atoms with Crippen LogP contribution in [0.2, 0.25) is 0 Å². The van der Waals surface area contributed by atoms with Gasteiger partial charge in [0.15, 0.2) is 11.4 Å². The van der Waals surface area contributed by atoms with Crippen LogP contribution in [-0.2, 0) is 17.8 Å². The molecule has 3 saturated carbocycles. The Hall–Kier alpha value is -3.75. The molecular formula is C28H31N5O4. The lowest BCUT2D eigenvalue weighted by Gasteiger charge is -2.52. The van der Waals surface area contributed by atoms with E-state index >= 15 is 0 Å². The van der Waals surface area contributed by atoms with E-state index in [1.165, 1.54) is 29.8 Å². The SMILES string of the molecule is CC12CCC(CNC(=O)c3cc(C(=O)NCc4ccc5c(c4)CC(=O)CO5)nc4ccnn34)(CC1)CC2. The molecule has 3 fully saturated rings. The van der Waals surface area contributed by atoms with E-state index in [-0.39, 0.29) is 47.6 Å². The Morgan fingerprint density at radius 2 is 1.81 bits per heavy atom. The lowest BCUT2D eigenvalue weighted by molar-refractivity contribution is -0.121. The largest absolute Gasteiger partial charge is 0.486 e. The number of amides is 2. The number of nitrogens with one attached hydrogen (secondary N) is 2. The number of fused-ring (bicyclic) bond motifs is 5. The number of aromatic nitrogens is 3. The smallest absolute Gasteiger partial charge is 0.270 e. The summed E-state index contributed by atoms with van der Waals surface area (Å²) >= 11 is 0. The first-order chi connectivity index (χ1) is 17.8. The number of ketones is 1. The number of ether oxygens (including phenoxy) is 1. The van der Waals surface area contributed by atoms with E-state index in [9.17, 15) is 14.4 Å². The Kier molecular flexibility index (Phi) is 5.73. The topological polar surface area (TPSA) is 115 Å². The van der Waals surface area contributed by atoms with Gasteiger partial charge in [0.05, 0.1) is 6.20 Å². The Bertz CT molecular complexity index is 1390. The molecule has 0 unspecified atom stereocenters. The van der Waals surface area contributed by atoms with Gasteiger partial charge in [0.25, 0.3) is 11.8 Å². The van der Waals surface area contributed by atoms with Crippen LogP contribution in [0.25, 0.3) is 5.65 Å². The summed E-state index contributed by atoms with van der Waals surface area (Å²) in [5, 5.41) is 10.3. The van der Waals surface area contributed by atoms with Crippen LogP contribution in [0.3, 0.4) is 0 Å². The number of rotatable bonds is 6. The molecule has 7 rings (SSSR count). The quantitative estimate of drug-likeness (QED) is 0.536. The van der Waals surface area contributed by atoms with Crippen LogP contribution in [0.4, 0.5) is 0 Å². The molecule has 0 saturated heterocycles. The van der Waals surface area contributed by atoms with Crippen molar-refractivity contribution in [3.05, 3.63) is 59.0 Å². The molecule has 3 heterocycles. The molecule has 1 aliphatic heterocycles. The maximum atomic E-state index is 13.3. The Morgan fingerprint density at radius 1 is 1.03 bits per heavy atom. The number of carbonyl (C=O) groups excluding carboxylic acids is 3. The van der Waals surface area contributed by atoms with Crippen LogP contribution in [0.1, 0.15) is 77.6 Å². The monoisotopic (exact) mass is 501 g/mol. The summed E-state index contributed by atoms with van der Waals surface area (Å²) in [6.07, 6.45) is 9.00. The summed E-state index contributed by atoms with van der Waals surface area (Å²) in [6.45, 7) is 3.38. The predicted molar refractivity (Wildman–Crippen MR) is 135 cm³/mol. The average Bonchev–Trinajstić information content (AvgIpc) is 3.39. The number of hydrogen-bond acceptors (Lipinski definition) is 6. The number of Topliss-reactive ketones (excluding diaryl/α,β-unsaturated/α-hetero) is 1. The number of hydrogen-bond donors (Lipinski definition) is 2. The molecule has 0 spiro atoms. The molecule has 0 atom stereocenters. The van der Waals surface area contributed by atoms with Crippen LogP contribution in [-0.4, -0.2) is 45.3 Å². The average molecular weight is 502 g/mol. The second kappa shape index (κ2) is 8.97. The summed E-state index contributed by atoms with van der Waals surface area (Å²) in [5.74, 6) is 0.0917. The highest BCUT2D eigenvalue weighted by Gasteiger charge is 2.46. The van der Waals surface area contributed by atoms with Gasteiger partial charge in [-0.25, -0.2) is 9.50 Å². The lowest BCUT2D eigenvalue weighted by atomic mass is 9.54. The van der Waals surface area contributed by atoms with Gasteiger partial charge in [-0.2, -0.15) is 5.10 Å². The van der Waals surface area contributed by atoms with E-state index < -0.39 is 0 Å². The third kappa shape index (κ3) is 4.58. The van der Waals surface area contributed by atoms with E-state index in [0.29, 0.717) is 29.8 Å². The predicted octanol–water partition coefficient (Wildman–Crippen LogP) is 3.25. The highest BCUT2D eigenvalue weighted by Crippen LogP contribution is 2.56. The van der Waals surface area contributed by atoms with Crippen molar-refractivity contribution in [1.82, 2.24) is 25.2 Å². The summed E-state index contributed by atoms with van der Waals surface area (Å²) in [7, 11) is 0. The van der Waals surface area contributed by atoms with Crippen molar-refractivity contribution in [2.24, 2.45) is 10.8 Å². The summed E-state index contributed by atoms with van der Waals surface area (Å²) in [5.41, 5.74) is 3.20. The molecule has 192 valence electrons. The van der Waals surface area contributed by atoms with Gasteiger partial charge in [-0.05, 0) is 67.1 Å². The van der Waals surface area contributed by atoms with Gasteiger partial charge in [0.2, 0.25) is 0 Å². The molecule has 2 amide bonds. The van der Waals surface area contributed by atoms with Crippen molar-refractivity contribution in [2.75, 3.05) is 13.2 Å². The zero-order valence-corrected chi connectivity index (χ0v) is 21.0. The second-order valence-corrected chi connectivity index (χ2v) is 11.3. The standard InChI is InChI=1S/C28H31N5O4/c1-27-5-8-28(9-6-27,10-7-27)17-30-26(36)22-14-21(32-24-4-11-31-33(22)24)25(35)29-15-18-2-3-23-19(12-18)13-20(34)16-37-23/h2-4,11-12,14H,5-10,13,15-17H2,1H3,(H,29,35)(H,30,36). The first kappa shape index (κ1) is 23.6. The van der Waals surface area contributed by atoms with Crippen LogP contribution >= 0.6 is 0 Å². The third-order valence-corrected chi connectivity index (χ3v) is 8.58. The summed E-state index contributed by atoms with van der Waals surface area (Å²) in [6, 6.07) is 8.73. The normalized spacial score (nSPS) is 24.4. The van der Waals surface area contributed by atoms with E-state index in [0.717, 1.165) is 30.4 Å². The van der Waals surface area contributed by atoms with Crippen LogP contribution in [0.15, 0.2) is 36.5 Å². The van der Waals surface area contributed by atoms with Gasteiger partial charge in [-0.3, -0.25) is 14.4 Å². The highest BCUT2D eigenvalue weighted by atomic mass is 16.5. The van der Waals surface area contributed by atoms with Crippen molar-refractivity contribution in [3.8, 4) is 5.75 Å². The maximum absolute atomic E-state index is 13.3. The molecule has 37 heavy (non-hydrogen) atoms. The minimum Gasteiger partial charge on any atom is -0.486 e. The Labute approximate surface area is 215 Å². The molecule has 3 aliphatic carbocycles. The highest BCUT2D eigenvalue weighted by molar-refractivity contribution is 5.98. The van der Waals surface area contributed by atoms with Gasteiger partial charge >= 0.3 is 0 Å². The van der Waals surface area contributed by atoms with Crippen LogP contribution in [0, 0.1) is 10.8 Å². The number of carbonyl (C=O) groups is 3. The molecule has 2 aromatic heterocycles. The zero-order chi connectivity index (χ0) is 25.6. The zero-order valence-electron chi connectivity index (χ0n) is 21.0. The molecule has 3 aromatic rings. The molecule has 2 bridgehead atoms. The van der Waals surface area contributed by atoms with Crippen molar-refractivity contribution >= 4 is 23.2 Å². The summed E-state index contributed by atoms with van der Waals surface area (Å²) < 4.78 is 6.92. The fourth-order valence-corrected chi connectivity index (χ4v) is 5.98. The molecule has 1 aromatic carbocycles.